The molecule has 0 saturated heterocycles. The fraction of sp³-hybridized carbons (Fsp3) is 0.158. The summed E-state index contributed by atoms with van der Waals surface area (Å²) in [7, 11) is -3.69. The second-order valence-corrected chi connectivity index (χ2v) is 7.98. The summed E-state index contributed by atoms with van der Waals surface area (Å²) in [5.41, 5.74) is 10.8. The number of benzene rings is 2. The van der Waals surface area contributed by atoms with Crippen LogP contribution in [0.1, 0.15) is 16.7 Å². The minimum atomic E-state index is -3.69. The topological polar surface area (TPSA) is 124 Å². The number of nitrogen functional groups attached to an aromatic ring is 1. The number of aromatic nitrogens is 2. The molecule has 3 rings (SSSR count). The molecule has 0 atom stereocenters. The number of hydrogen-bond donors (Lipinski definition) is 3. The molecule has 0 radical (unpaired) electrons. The minimum Gasteiger partial charge on any atom is -0.368 e. The van der Waals surface area contributed by atoms with Gasteiger partial charge in [0.05, 0.1) is 10.6 Å². The van der Waals surface area contributed by atoms with E-state index in [4.69, 9.17) is 10.9 Å². The van der Waals surface area contributed by atoms with Gasteiger partial charge in [-0.3, -0.25) is 0 Å². The fourth-order valence-electron chi connectivity index (χ4n) is 2.82. The summed E-state index contributed by atoms with van der Waals surface area (Å²) in [6, 6.07) is 14.4. The lowest BCUT2D eigenvalue weighted by Crippen LogP contribution is -2.12. The number of rotatable bonds is 5. The van der Waals surface area contributed by atoms with E-state index < -0.39 is 10.0 Å². The van der Waals surface area contributed by atoms with Gasteiger partial charge in [0.25, 0.3) is 0 Å². The lowest BCUT2D eigenvalue weighted by Gasteiger charge is -2.10. The van der Waals surface area contributed by atoms with E-state index in [9.17, 15) is 8.42 Å². The number of aryl methyl sites for hydroxylation is 2. The molecule has 0 bridgehead atoms. The van der Waals surface area contributed by atoms with E-state index in [2.05, 4.69) is 21.4 Å². The van der Waals surface area contributed by atoms with Crippen molar-refractivity contribution in [2.75, 3.05) is 11.1 Å². The van der Waals surface area contributed by atoms with Gasteiger partial charge in [0.2, 0.25) is 16.0 Å². The highest BCUT2D eigenvalue weighted by atomic mass is 32.2. The molecule has 0 fully saturated rings. The zero-order valence-corrected chi connectivity index (χ0v) is 15.9. The second-order valence-electron chi connectivity index (χ2n) is 6.42. The van der Waals surface area contributed by atoms with E-state index in [0.717, 1.165) is 27.9 Å². The Kier molecular flexibility index (Phi) is 5.11. The predicted molar refractivity (Wildman–Crippen MR) is 106 cm³/mol. The standard InChI is InChI=1S/C19H21N5O2S/c1-12-7-13(2)9-15(8-12)17-10-18(24-19(20)23-17)22-11-14-3-5-16(6-4-14)27(21,25)26/h3-10H,11H2,1-2H3,(H2,21,25,26)(H3,20,22,23,24). The van der Waals surface area contributed by atoms with Crippen LogP contribution in [0.2, 0.25) is 0 Å². The molecule has 1 aromatic heterocycles. The molecule has 5 N–H and O–H groups in total. The van der Waals surface area contributed by atoms with Crippen molar-refractivity contribution in [2.45, 2.75) is 25.3 Å². The van der Waals surface area contributed by atoms with Crippen LogP contribution in [0, 0.1) is 13.8 Å². The van der Waals surface area contributed by atoms with Gasteiger partial charge in [-0.25, -0.2) is 18.5 Å². The molecule has 140 valence electrons. The quantitative estimate of drug-likeness (QED) is 0.622. The molecule has 0 spiro atoms. The summed E-state index contributed by atoms with van der Waals surface area (Å²) < 4.78 is 22.6. The van der Waals surface area contributed by atoms with Crippen LogP contribution in [-0.2, 0) is 16.6 Å². The molecule has 0 aliphatic heterocycles. The first-order chi connectivity index (χ1) is 12.7. The second kappa shape index (κ2) is 7.34. The van der Waals surface area contributed by atoms with Crippen molar-refractivity contribution < 1.29 is 8.42 Å². The molecule has 8 heteroatoms. The molecule has 0 unspecified atom stereocenters. The third kappa shape index (κ3) is 4.81. The highest BCUT2D eigenvalue weighted by Crippen LogP contribution is 2.23. The van der Waals surface area contributed by atoms with Crippen molar-refractivity contribution in [3.05, 3.63) is 65.2 Å². The maximum absolute atomic E-state index is 11.3. The number of nitrogens with one attached hydrogen (secondary N) is 1. The number of nitrogens with two attached hydrogens (primary N) is 2. The predicted octanol–water partition coefficient (Wildman–Crippen LogP) is 2.60. The molecule has 0 aliphatic rings. The summed E-state index contributed by atoms with van der Waals surface area (Å²) in [6.45, 7) is 4.52. The van der Waals surface area contributed by atoms with Crippen molar-refractivity contribution in [1.82, 2.24) is 9.97 Å². The van der Waals surface area contributed by atoms with Gasteiger partial charge in [-0.05, 0) is 43.7 Å². The Bertz CT molecular complexity index is 1060. The molecule has 27 heavy (non-hydrogen) atoms. The first-order valence-electron chi connectivity index (χ1n) is 8.29. The average Bonchev–Trinajstić information content (AvgIpc) is 2.58. The lowest BCUT2D eigenvalue weighted by atomic mass is 10.0. The maximum Gasteiger partial charge on any atom is 0.238 e. The summed E-state index contributed by atoms with van der Waals surface area (Å²) in [6.07, 6.45) is 0. The molecule has 3 aromatic rings. The van der Waals surface area contributed by atoms with Crippen molar-refractivity contribution in [3.63, 3.8) is 0 Å². The Labute approximate surface area is 158 Å². The normalized spacial score (nSPS) is 11.4. The highest BCUT2D eigenvalue weighted by molar-refractivity contribution is 7.89. The van der Waals surface area contributed by atoms with Crippen molar-refractivity contribution in [3.8, 4) is 11.3 Å². The van der Waals surface area contributed by atoms with Crippen LogP contribution in [0.25, 0.3) is 11.3 Å². The van der Waals surface area contributed by atoms with Crippen LogP contribution in [0.4, 0.5) is 11.8 Å². The third-order valence-corrected chi connectivity index (χ3v) is 4.92. The van der Waals surface area contributed by atoms with Gasteiger partial charge >= 0.3 is 0 Å². The van der Waals surface area contributed by atoms with E-state index in [0.29, 0.717) is 12.4 Å². The molecule has 0 amide bonds. The zero-order valence-electron chi connectivity index (χ0n) is 15.1. The van der Waals surface area contributed by atoms with Gasteiger partial charge < -0.3 is 11.1 Å². The van der Waals surface area contributed by atoms with Crippen molar-refractivity contribution >= 4 is 21.8 Å². The molecule has 2 aromatic carbocycles. The van der Waals surface area contributed by atoms with Crippen LogP contribution >= 0.6 is 0 Å². The molecule has 0 aliphatic carbocycles. The van der Waals surface area contributed by atoms with Crippen LogP contribution in [-0.4, -0.2) is 18.4 Å². The number of nitrogens with zero attached hydrogens (tertiary/aromatic N) is 2. The SMILES string of the molecule is Cc1cc(C)cc(-c2cc(NCc3ccc(S(N)(=O)=O)cc3)nc(N)n2)c1. The average molecular weight is 383 g/mol. The maximum atomic E-state index is 11.3. The fourth-order valence-corrected chi connectivity index (χ4v) is 3.33. The van der Waals surface area contributed by atoms with Crippen LogP contribution in [0.3, 0.4) is 0 Å². The molecular weight excluding hydrogens is 362 g/mol. The Morgan fingerprint density at radius 3 is 2.19 bits per heavy atom. The first kappa shape index (κ1) is 18.8. The van der Waals surface area contributed by atoms with Gasteiger partial charge in [0, 0.05) is 18.2 Å². The molecular formula is C19H21N5O2S. The zero-order chi connectivity index (χ0) is 19.6. The van der Waals surface area contributed by atoms with Gasteiger partial charge in [0.15, 0.2) is 0 Å². The molecule has 7 nitrogen and oxygen atoms in total. The minimum absolute atomic E-state index is 0.0784. The first-order valence-corrected chi connectivity index (χ1v) is 9.84. The van der Waals surface area contributed by atoms with Gasteiger partial charge in [-0.2, -0.15) is 4.98 Å². The van der Waals surface area contributed by atoms with E-state index in [-0.39, 0.29) is 10.8 Å². The van der Waals surface area contributed by atoms with Crippen molar-refractivity contribution in [2.24, 2.45) is 5.14 Å². The summed E-state index contributed by atoms with van der Waals surface area (Å²) >= 11 is 0. The Morgan fingerprint density at radius 2 is 1.59 bits per heavy atom. The lowest BCUT2D eigenvalue weighted by molar-refractivity contribution is 0.598. The van der Waals surface area contributed by atoms with Gasteiger partial charge in [-0.1, -0.05) is 29.3 Å². The number of sulfonamides is 1. The largest absolute Gasteiger partial charge is 0.368 e. The van der Waals surface area contributed by atoms with E-state index in [1.807, 2.05) is 32.0 Å². The van der Waals surface area contributed by atoms with Gasteiger partial charge in [-0.15, -0.1) is 0 Å². The van der Waals surface area contributed by atoms with Crippen LogP contribution in [0.15, 0.2) is 53.4 Å². The Balaban J connectivity index is 1.80. The smallest absolute Gasteiger partial charge is 0.238 e. The number of hydrogen-bond acceptors (Lipinski definition) is 6. The molecule has 0 saturated carbocycles. The Hall–Kier alpha value is -2.97. The number of primary sulfonamides is 1. The monoisotopic (exact) mass is 383 g/mol. The summed E-state index contributed by atoms with van der Waals surface area (Å²) in [4.78, 5) is 8.62. The van der Waals surface area contributed by atoms with E-state index in [1.54, 1.807) is 12.1 Å². The summed E-state index contributed by atoms with van der Waals surface area (Å²) in [5.74, 6) is 0.769. The van der Waals surface area contributed by atoms with Gasteiger partial charge in [0.1, 0.15) is 5.82 Å². The summed E-state index contributed by atoms with van der Waals surface area (Å²) in [5, 5.41) is 8.29. The van der Waals surface area contributed by atoms with E-state index in [1.165, 1.54) is 12.1 Å². The van der Waals surface area contributed by atoms with Crippen LogP contribution < -0.4 is 16.2 Å². The Morgan fingerprint density at radius 1 is 0.963 bits per heavy atom. The third-order valence-electron chi connectivity index (χ3n) is 3.99. The molecule has 1 heterocycles. The van der Waals surface area contributed by atoms with Crippen LogP contribution in [0.5, 0.6) is 0 Å². The van der Waals surface area contributed by atoms with Crippen molar-refractivity contribution in [1.29, 1.82) is 0 Å². The number of anilines is 2. The highest BCUT2D eigenvalue weighted by Gasteiger charge is 2.08. The van der Waals surface area contributed by atoms with E-state index >= 15 is 0 Å².